The molecule has 1 aliphatic rings. The zero-order valence-electron chi connectivity index (χ0n) is 9.05. The van der Waals surface area contributed by atoms with E-state index in [9.17, 15) is 4.79 Å². The minimum absolute atomic E-state index is 0.0625. The summed E-state index contributed by atoms with van der Waals surface area (Å²) < 4.78 is 0. The Hall–Kier alpha value is -0.830. The van der Waals surface area contributed by atoms with Crippen molar-refractivity contribution in [2.24, 2.45) is 0 Å². The summed E-state index contributed by atoms with van der Waals surface area (Å²) in [6.45, 7) is 7.72. The normalized spacial score (nSPS) is 26.5. The van der Waals surface area contributed by atoms with E-state index >= 15 is 0 Å². The van der Waals surface area contributed by atoms with Crippen LogP contribution in [0.3, 0.4) is 0 Å². The second-order valence-corrected chi connectivity index (χ2v) is 4.18. The van der Waals surface area contributed by atoms with Gasteiger partial charge in [0.25, 0.3) is 0 Å². The minimum atomic E-state index is -0.0625. The molecule has 0 radical (unpaired) electrons. The first-order chi connectivity index (χ1) is 6.63. The van der Waals surface area contributed by atoms with Crippen LogP contribution in [0.1, 0.15) is 33.1 Å². The van der Waals surface area contributed by atoms with Crippen molar-refractivity contribution in [2.45, 2.75) is 51.2 Å². The summed E-state index contributed by atoms with van der Waals surface area (Å²) in [5.41, 5.74) is 0. The van der Waals surface area contributed by atoms with Gasteiger partial charge in [0.05, 0.1) is 0 Å². The molecule has 1 amide bonds. The van der Waals surface area contributed by atoms with Crippen LogP contribution >= 0.6 is 0 Å². The van der Waals surface area contributed by atoms with Crippen molar-refractivity contribution in [1.29, 1.82) is 0 Å². The highest BCUT2D eigenvalue weighted by molar-refractivity contribution is 5.87. The van der Waals surface area contributed by atoms with Gasteiger partial charge in [0.1, 0.15) is 0 Å². The van der Waals surface area contributed by atoms with Crippen molar-refractivity contribution in [2.75, 3.05) is 0 Å². The van der Waals surface area contributed by atoms with Crippen molar-refractivity contribution >= 4 is 5.91 Å². The molecule has 0 bridgehead atoms. The van der Waals surface area contributed by atoms with Gasteiger partial charge in [-0.3, -0.25) is 4.79 Å². The fourth-order valence-corrected chi connectivity index (χ4v) is 2.00. The van der Waals surface area contributed by atoms with Crippen LogP contribution in [0.4, 0.5) is 0 Å². The molecule has 0 aromatic carbocycles. The van der Waals surface area contributed by atoms with Crippen molar-refractivity contribution in [3.63, 3.8) is 0 Å². The van der Waals surface area contributed by atoms with Gasteiger partial charge in [-0.15, -0.1) is 0 Å². The molecule has 1 aliphatic carbocycles. The van der Waals surface area contributed by atoms with E-state index in [1.54, 1.807) is 0 Å². The molecular formula is C11H20N2O. The van der Waals surface area contributed by atoms with Crippen molar-refractivity contribution in [3.8, 4) is 0 Å². The molecule has 1 saturated carbocycles. The van der Waals surface area contributed by atoms with E-state index in [1.165, 1.54) is 12.5 Å². The Bertz CT molecular complexity index is 213. The highest BCUT2D eigenvalue weighted by atomic mass is 16.1. The fraction of sp³-hybridized carbons (Fsp3) is 0.727. The summed E-state index contributed by atoms with van der Waals surface area (Å²) in [5, 5.41) is 6.44. The van der Waals surface area contributed by atoms with Gasteiger partial charge in [0.15, 0.2) is 0 Å². The van der Waals surface area contributed by atoms with E-state index in [-0.39, 0.29) is 11.9 Å². The number of carbonyl (C=O) groups excluding carboxylic acids is 1. The molecule has 0 aromatic rings. The predicted octanol–water partition coefficient (Wildman–Crippen LogP) is 1.21. The molecule has 0 spiro atoms. The van der Waals surface area contributed by atoms with Crippen molar-refractivity contribution < 1.29 is 4.79 Å². The Morgan fingerprint density at radius 2 is 2.07 bits per heavy atom. The number of hydrogen-bond acceptors (Lipinski definition) is 2. The lowest BCUT2D eigenvalue weighted by Gasteiger charge is -2.23. The first-order valence-corrected chi connectivity index (χ1v) is 5.32. The van der Waals surface area contributed by atoms with Crippen LogP contribution in [0, 0.1) is 0 Å². The average Bonchev–Trinajstić information content (AvgIpc) is 2.52. The maximum absolute atomic E-state index is 11.1. The van der Waals surface area contributed by atoms with E-state index in [0.29, 0.717) is 12.1 Å². The van der Waals surface area contributed by atoms with Crippen LogP contribution in [-0.2, 0) is 4.79 Å². The smallest absolute Gasteiger partial charge is 0.243 e. The van der Waals surface area contributed by atoms with Crippen LogP contribution in [0.5, 0.6) is 0 Å². The molecule has 3 heteroatoms. The van der Waals surface area contributed by atoms with Crippen LogP contribution in [0.25, 0.3) is 0 Å². The largest absolute Gasteiger partial charge is 0.348 e. The standard InChI is InChI=1S/C11H20N2O/c1-4-11(14)13-10-7-5-6-9(10)12-8(2)3/h4,8-10,12H,1,5-7H2,2-3H3,(H,13,14). The molecule has 2 N–H and O–H groups in total. The number of hydrogen-bond donors (Lipinski definition) is 2. The molecule has 1 fully saturated rings. The second-order valence-electron chi connectivity index (χ2n) is 4.18. The van der Waals surface area contributed by atoms with Crippen molar-refractivity contribution in [1.82, 2.24) is 10.6 Å². The third kappa shape index (κ3) is 3.14. The number of carbonyl (C=O) groups is 1. The van der Waals surface area contributed by atoms with Crippen LogP contribution < -0.4 is 10.6 Å². The monoisotopic (exact) mass is 196 g/mol. The minimum Gasteiger partial charge on any atom is -0.348 e. The summed E-state index contributed by atoms with van der Waals surface area (Å²) in [4.78, 5) is 11.1. The zero-order valence-corrected chi connectivity index (χ0v) is 9.05. The maximum atomic E-state index is 11.1. The number of rotatable bonds is 4. The molecule has 0 aromatic heterocycles. The van der Waals surface area contributed by atoms with E-state index < -0.39 is 0 Å². The van der Waals surface area contributed by atoms with Crippen LogP contribution in [-0.4, -0.2) is 24.0 Å². The van der Waals surface area contributed by atoms with Gasteiger partial charge in [-0.1, -0.05) is 20.4 Å². The van der Waals surface area contributed by atoms with E-state index in [4.69, 9.17) is 0 Å². The molecule has 2 atom stereocenters. The molecule has 14 heavy (non-hydrogen) atoms. The Kier molecular flexibility index (Phi) is 4.14. The molecule has 3 nitrogen and oxygen atoms in total. The van der Waals surface area contributed by atoms with Gasteiger partial charge >= 0.3 is 0 Å². The van der Waals surface area contributed by atoms with Gasteiger partial charge in [-0.2, -0.15) is 0 Å². The number of nitrogens with one attached hydrogen (secondary N) is 2. The molecular weight excluding hydrogens is 176 g/mol. The summed E-state index contributed by atoms with van der Waals surface area (Å²) in [6, 6.07) is 1.18. The Morgan fingerprint density at radius 1 is 1.43 bits per heavy atom. The summed E-state index contributed by atoms with van der Waals surface area (Å²) >= 11 is 0. The highest BCUT2D eigenvalue weighted by Gasteiger charge is 2.27. The molecule has 0 saturated heterocycles. The Balaban J connectivity index is 2.42. The number of amides is 1. The van der Waals surface area contributed by atoms with Gasteiger partial charge in [-0.25, -0.2) is 0 Å². The average molecular weight is 196 g/mol. The third-order valence-electron chi connectivity index (χ3n) is 2.58. The summed E-state index contributed by atoms with van der Waals surface area (Å²) in [6.07, 6.45) is 4.75. The quantitative estimate of drug-likeness (QED) is 0.664. The van der Waals surface area contributed by atoms with E-state index in [1.807, 2.05) is 0 Å². The van der Waals surface area contributed by atoms with Gasteiger partial charge in [-0.05, 0) is 25.3 Å². The third-order valence-corrected chi connectivity index (χ3v) is 2.58. The molecule has 80 valence electrons. The molecule has 1 rings (SSSR count). The van der Waals surface area contributed by atoms with Gasteiger partial charge < -0.3 is 10.6 Å². The Labute approximate surface area is 86.0 Å². The predicted molar refractivity (Wildman–Crippen MR) is 58.0 cm³/mol. The first-order valence-electron chi connectivity index (χ1n) is 5.32. The topological polar surface area (TPSA) is 41.1 Å². The lowest BCUT2D eigenvalue weighted by atomic mass is 10.1. The van der Waals surface area contributed by atoms with Crippen LogP contribution in [0.15, 0.2) is 12.7 Å². The lowest BCUT2D eigenvalue weighted by Crippen LogP contribution is -2.48. The summed E-state index contributed by atoms with van der Waals surface area (Å²) in [5.74, 6) is -0.0625. The zero-order chi connectivity index (χ0) is 10.6. The maximum Gasteiger partial charge on any atom is 0.243 e. The molecule has 0 aliphatic heterocycles. The Morgan fingerprint density at radius 3 is 2.64 bits per heavy atom. The fourth-order valence-electron chi connectivity index (χ4n) is 2.00. The SMILES string of the molecule is C=CC(=O)NC1CCCC1NC(C)C. The van der Waals surface area contributed by atoms with Crippen LogP contribution in [0.2, 0.25) is 0 Å². The van der Waals surface area contributed by atoms with Gasteiger partial charge in [0, 0.05) is 18.1 Å². The van der Waals surface area contributed by atoms with Gasteiger partial charge in [0.2, 0.25) is 5.91 Å². The van der Waals surface area contributed by atoms with E-state index in [2.05, 4.69) is 31.1 Å². The summed E-state index contributed by atoms with van der Waals surface area (Å²) in [7, 11) is 0. The lowest BCUT2D eigenvalue weighted by molar-refractivity contribution is -0.117. The molecule has 2 unspecified atom stereocenters. The second kappa shape index (κ2) is 5.15. The van der Waals surface area contributed by atoms with E-state index in [0.717, 1.165) is 12.8 Å². The first kappa shape index (κ1) is 11.2. The molecule has 0 heterocycles. The van der Waals surface area contributed by atoms with Crippen molar-refractivity contribution in [3.05, 3.63) is 12.7 Å². The highest BCUT2D eigenvalue weighted by Crippen LogP contribution is 2.19.